The highest BCUT2D eigenvalue weighted by molar-refractivity contribution is 7.89. The van der Waals surface area contributed by atoms with Gasteiger partial charge in [-0.05, 0) is 60.5 Å². The molecule has 2 N–H and O–H groups in total. The molecule has 0 unspecified atom stereocenters. The summed E-state index contributed by atoms with van der Waals surface area (Å²) in [7, 11) is -2.04. The summed E-state index contributed by atoms with van der Waals surface area (Å²) >= 11 is 0. The minimum Gasteiger partial charge on any atom is -0.496 e. The zero-order valence-corrected chi connectivity index (χ0v) is 12.6. The standard InChI is InChI=1S/C15H16N2O3S/c1-11-9-12(3-8-15(11)20-2)10-17-13-4-6-14(7-5-13)21(16,18)19/h3-10H,1-2H3,(H2,16,18,19). The van der Waals surface area contributed by atoms with Crippen molar-refractivity contribution in [3.8, 4) is 5.75 Å². The summed E-state index contributed by atoms with van der Waals surface area (Å²) in [6, 6.07) is 11.8. The Hall–Kier alpha value is -2.18. The van der Waals surface area contributed by atoms with Gasteiger partial charge in [-0.3, -0.25) is 4.99 Å². The molecule has 0 spiro atoms. The average molecular weight is 304 g/mol. The SMILES string of the molecule is COc1ccc(C=Nc2ccc(S(N)(=O)=O)cc2)cc1C. The maximum Gasteiger partial charge on any atom is 0.238 e. The maximum absolute atomic E-state index is 11.1. The van der Waals surface area contributed by atoms with Crippen molar-refractivity contribution in [2.45, 2.75) is 11.8 Å². The molecule has 5 nitrogen and oxygen atoms in total. The van der Waals surface area contributed by atoms with Crippen LogP contribution >= 0.6 is 0 Å². The Morgan fingerprint density at radius 2 is 1.81 bits per heavy atom. The molecule has 0 fully saturated rings. The number of benzene rings is 2. The largest absolute Gasteiger partial charge is 0.496 e. The lowest BCUT2D eigenvalue weighted by Crippen LogP contribution is -2.11. The molecule has 110 valence electrons. The fourth-order valence-electron chi connectivity index (χ4n) is 1.85. The van der Waals surface area contributed by atoms with Crippen LogP contribution in [0.3, 0.4) is 0 Å². The zero-order chi connectivity index (χ0) is 15.5. The van der Waals surface area contributed by atoms with E-state index in [9.17, 15) is 8.42 Å². The number of hydrogen-bond acceptors (Lipinski definition) is 4. The minimum atomic E-state index is -3.67. The quantitative estimate of drug-likeness (QED) is 0.881. The number of rotatable bonds is 4. The molecule has 0 radical (unpaired) electrons. The Morgan fingerprint density at radius 3 is 2.33 bits per heavy atom. The van der Waals surface area contributed by atoms with Gasteiger partial charge in [-0.15, -0.1) is 0 Å². The normalized spacial score (nSPS) is 11.8. The molecule has 0 aliphatic carbocycles. The molecule has 0 bridgehead atoms. The van der Waals surface area contributed by atoms with Crippen LogP contribution < -0.4 is 9.88 Å². The maximum atomic E-state index is 11.1. The fourth-order valence-corrected chi connectivity index (χ4v) is 2.37. The van der Waals surface area contributed by atoms with E-state index in [1.165, 1.54) is 12.1 Å². The first-order valence-corrected chi connectivity index (χ1v) is 7.76. The average Bonchev–Trinajstić information content (AvgIpc) is 2.45. The second-order valence-corrected chi connectivity index (χ2v) is 6.09. The van der Waals surface area contributed by atoms with Crippen molar-refractivity contribution in [3.63, 3.8) is 0 Å². The molecule has 6 heteroatoms. The highest BCUT2D eigenvalue weighted by Crippen LogP contribution is 2.19. The zero-order valence-electron chi connectivity index (χ0n) is 11.8. The van der Waals surface area contributed by atoms with Crippen LogP contribution in [0.15, 0.2) is 52.4 Å². The van der Waals surface area contributed by atoms with E-state index in [-0.39, 0.29) is 4.90 Å². The molecule has 0 heterocycles. The molecule has 2 aromatic carbocycles. The van der Waals surface area contributed by atoms with E-state index >= 15 is 0 Å². The monoisotopic (exact) mass is 304 g/mol. The van der Waals surface area contributed by atoms with E-state index in [0.717, 1.165) is 16.9 Å². The summed E-state index contributed by atoms with van der Waals surface area (Å²) in [5.41, 5.74) is 2.60. The number of aryl methyl sites for hydroxylation is 1. The summed E-state index contributed by atoms with van der Waals surface area (Å²) in [5, 5.41) is 5.04. The molecule has 21 heavy (non-hydrogen) atoms. The van der Waals surface area contributed by atoms with E-state index in [4.69, 9.17) is 9.88 Å². The lowest BCUT2D eigenvalue weighted by molar-refractivity contribution is 0.411. The Morgan fingerprint density at radius 1 is 1.14 bits per heavy atom. The summed E-state index contributed by atoms with van der Waals surface area (Å²) in [6.45, 7) is 1.96. The molecule has 0 saturated heterocycles. The van der Waals surface area contributed by atoms with E-state index < -0.39 is 10.0 Å². The van der Waals surface area contributed by atoms with Gasteiger partial charge in [0.2, 0.25) is 10.0 Å². The van der Waals surface area contributed by atoms with Gasteiger partial charge in [0.05, 0.1) is 17.7 Å². The van der Waals surface area contributed by atoms with Gasteiger partial charge in [0, 0.05) is 6.21 Å². The number of nitrogens with two attached hydrogens (primary N) is 1. The number of primary sulfonamides is 1. The van der Waals surface area contributed by atoms with E-state index in [0.29, 0.717) is 5.69 Å². The fraction of sp³-hybridized carbons (Fsp3) is 0.133. The van der Waals surface area contributed by atoms with Gasteiger partial charge < -0.3 is 4.74 Å². The molecule has 0 aliphatic heterocycles. The topological polar surface area (TPSA) is 81.8 Å². The van der Waals surface area contributed by atoms with Gasteiger partial charge in [0.15, 0.2) is 0 Å². The van der Waals surface area contributed by atoms with Crippen LogP contribution in [0.1, 0.15) is 11.1 Å². The van der Waals surface area contributed by atoms with Crippen molar-refractivity contribution in [1.82, 2.24) is 0 Å². The molecule has 0 aromatic heterocycles. The predicted molar refractivity (Wildman–Crippen MR) is 82.8 cm³/mol. The summed E-state index contributed by atoms with van der Waals surface area (Å²) in [5.74, 6) is 0.824. The summed E-state index contributed by atoms with van der Waals surface area (Å²) in [4.78, 5) is 4.37. The predicted octanol–water partition coefficient (Wildman–Crippen LogP) is 2.40. The number of aliphatic imine (C=N–C) groups is 1. The van der Waals surface area contributed by atoms with Gasteiger partial charge in [0.25, 0.3) is 0 Å². The van der Waals surface area contributed by atoms with Crippen molar-refractivity contribution in [2.75, 3.05) is 7.11 Å². The first-order valence-electron chi connectivity index (χ1n) is 6.22. The molecule has 0 saturated carbocycles. The molecule has 2 rings (SSSR count). The Balaban J connectivity index is 2.19. The van der Waals surface area contributed by atoms with E-state index in [2.05, 4.69) is 4.99 Å². The third-order valence-electron chi connectivity index (χ3n) is 2.95. The van der Waals surface area contributed by atoms with Gasteiger partial charge in [-0.1, -0.05) is 0 Å². The first kappa shape index (κ1) is 15.2. The van der Waals surface area contributed by atoms with Crippen LogP contribution in [0.5, 0.6) is 5.75 Å². The van der Waals surface area contributed by atoms with Crippen LogP contribution in [0.25, 0.3) is 0 Å². The van der Waals surface area contributed by atoms with Crippen molar-refractivity contribution in [1.29, 1.82) is 0 Å². The van der Waals surface area contributed by atoms with E-state index in [1.54, 1.807) is 25.5 Å². The second-order valence-electron chi connectivity index (χ2n) is 4.53. The number of methoxy groups -OCH3 is 1. The molecule has 2 aromatic rings. The van der Waals surface area contributed by atoms with Crippen LogP contribution in [-0.4, -0.2) is 21.7 Å². The van der Waals surface area contributed by atoms with Gasteiger partial charge >= 0.3 is 0 Å². The number of nitrogens with zero attached hydrogens (tertiary/aromatic N) is 1. The third-order valence-corrected chi connectivity index (χ3v) is 3.88. The minimum absolute atomic E-state index is 0.0711. The number of sulfonamides is 1. The van der Waals surface area contributed by atoms with Crippen molar-refractivity contribution in [3.05, 3.63) is 53.6 Å². The highest BCUT2D eigenvalue weighted by atomic mass is 32.2. The summed E-state index contributed by atoms with van der Waals surface area (Å²) < 4.78 is 27.5. The Labute approximate surface area is 124 Å². The van der Waals surface area contributed by atoms with Gasteiger partial charge in [0.1, 0.15) is 5.75 Å². The van der Waals surface area contributed by atoms with Crippen molar-refractivity contribution in [2.24, 2.45) is 10.1 Å². The first-order chi connectivity index (χ1) is 9.90. The van der Waals surface area contributed by atoms with Crippen LogP contribution in [-0.2, 0) is 10.0 Å². The van der Waals surface area contributed by atoms with E-state index in [1.807, 2.05) is 25.1 Å². The lowest BCUT2D eigenvalue weighted by Gasteiger charge is -2.04. The van der Waals surface area contributed by atoms with Crippen LogP contribution in [0.2, 0.25) is 0 Å². The third kappa shape index (κ3) is 3.90. The van der Waals surface area contributed by atoms with Crippen molar-refractivity contribution >= 4 is 21.9 Å². The second kappa shape index (κ2) is 6.07. The summed E-state index contributed by atoms with van der Waals surface area (Å²) in [6.07, 6.45) is 1.71. The highest BCUT2D eigenvalue weighted by Gasteiger charge is 2.06. The van der Waals surface area contributed by atoms with Crippen LogP contribution in [0, 0.1) is 6.92 Å². The van der Waals surface area contributed by atoms with Gasteiger partial charge in [-0.25, -0.2) is 13.6 Å². The molecule has 0 aliphatic rings. The van der Waals surface area contributed by atoms with Crippen molar-refractivity contribution < 1.29 is 13.2 Å². The molecule has 0 amide bonds. The Bertz CT molecular complexity index is 766. The molecular weight excluding hydrogens is 288 g/mol. The smallest absolute Gasteiger partial charge is 0.238 e. The Kier molecular flexibility index (Phi) is 4.40. The number of ether oxygens (including phenoxy) is 1. The lowest BCUT2D eigenvalue weighted by atomic mass is 10.1. The molecular formula is C15H16N2O3S. The molecule has 0 atom stereocenters. The number of hydrogen-bond donors (Lipinski definition) is 1. The van der Waals surface area contributed by atoms with Crippen LogP contribution in [0.4, 0.5) is 5.69 Å². The van der Waals surface area contributed by atoms with Gasteiger partial charge in [-0.2, -0.15) is 0 Å².